The molecule has 2 aromatic rings. The van der Waals surface area contributed by atoms with Crippen LogP contribution in [0.15, 0.2) is 42.9 Å². The monoisotopic (exact) mass is 301 g/mol. The molecular weight excluding hydrogens is 278 g/mol. The van der Waals surface area contributed by atoms with Crippen LogP contribution in [-0.4, -0.2) is 48.2 Å². The second-order valence-electron chi connectivity index (χ2n) is 5.23. The molecule has 1 aromatic heterocycles. The van der Waals surface area contributed by atoms with E-state index in [2.05, 4.69) is 28.8 Å². The van der Waals surface area contributed by atoms with Crippen LogP contribution >= 0.6 is 0 Å². The van der Waals surface area contributed by atoms with Gasteiger partial charge in [0.1, 0.15) is 6.61 Å². The SMILES string of the molecule is COc1ccccc1OCCN(C)C(C)Cc1cnccn1. The second kappa shape index (κ2) is 8.34. The van der Waals surface area contributed by atoms with E-state index in [1.165, 1.54) is 0 Å². The van der Waals surface area contributed by atoms with Gasteiger partial charge in [-0.2, -0.15) is 0 Å². The Labute approximate surface area is 131 Å². The van der Waals surface area contributed by atoms with Crippen molar-refractivity contribution in [2.24, 2.45) is 0 Å². The Bertz CT molecular complexity index is 563. The van der Waals surface area contributed by atoms with E-state index in [1.807, 2.05) is 30.5 Å². The molecule has 22 heavy (non-hydrogen) atoms. The molecule has 0 spiro atoms. The highest BCUT2D eigenvalue weighted by molar-refractivity contribution is 5.39. The van der Waals surface area contributed by atoms with Crippen molar-refractivity contribution in [1.29, 1.82) is 0 Å². The Morgan fingerprint density at radius 1 is 1.18 bits per heavy atom. The summed E-state index contributed by atoms with van der Waals surface area (Å²) in [5.41, 5.74) is 1.01. The summed E-state index contributed by atoms with van der Waals surface area (Å²) in [5.74, 6) is 1.54. The van der Waals surface area contributed by atoms with Crippen molar-refractivity contribution in [2.75, 3.05) is 27.3 Å². The second-order valence-corrected chi connectivity index (χ2v) is 5.23. The van der Waals surface area contributed by atoms with Gasteiger partial charge in [-0.3, -0.25) is 14.9 Å². The fraction of sp³-hybridized carbons (Fsp3) is 0.412. The summed E-state index contributed by atoms with van der Waals surface area (Å²) in [6, 6.07) is 8.06. The van der Waals surface area contributed by atoms with Crippen LogP contribution in [0.3, 0.4) is 0 Å². The molecule has 0 aliphatic heterocycles. The number of benzene rings is 1. The van der Waals surface area contributed by atoms with Crippen LogP contribution in [0.1, 0.15) is 12.6 Å². The molecule has 0 saturated carbocycles. The first-order chi connectivity index (χ1) is 10.7. The molecule has 1 unspecified atom stereocenters. The first-order valence-electron chi connectivity index (χ1n) is 7.41. The maximum atomic E-state index is 5.80. The van der Waals surface area contributed by atoms with E-state index < -0.39 is 0 Å². The van der Waals surface area contributed by atoms with Gasteiger partial charge in [0.05, 0.1) is 12.8 Å². The lowest BCUT2D eigenvalue weighted by Crippen LogP contribution is -2.34. The summed E-state index contributed by atoms with van der Waals surface area (Å²) >= 11 is 0. The highest BCUT2D eigenvalue weighted by Crippen LogP contribution is 2.25. The molecule has 0 aliphatic rings. The zero-order valence-corrected chi connectivity index (χ0v) is 13.4. The molecule has 0 saturated heterocycles. The molecule has 2 rings (SSSR count). The van der Waals surface area contributed by atoms with Gasteiger partial charge >= 0.3 is 0 Å². The van der Waals surface area contributed by atoms with Crippen molar-refractivity contribution in [3.63, 3.8) is 0 Å². The number of nitrogens with zero attached hydrogens (tertiary/aromatic N) is 3. The number of rotatable bonds is 8. The normalized spacial score (nSPS) is 12.2. The highest BCUT2D eigenvalue weighted by atomic mass is 16.5. The molecule has 1 atom stereocenters. The van der Waals surface area contributed by atoms with Crippen molar-refractivity contribution in [2.45, 2.75) is 19.4 Å². The van der Waals surface area contributed by atoms with Gasteiger partial charge in [-0.1, -0.05) is 12.1 Å². The number of ether oxygens (including phenoxy) is 2. The molecule has 0 aliphatic carbocycles. The molecule has 118 valence electrons. The fourth-order valence-electron chi connectivity index (χ4n) is 2.15. The van der Waals surface area contributed by atoms with Crippen molar-refractivity contribution in [3.8, 4) is 11.5 Å². The Kier molecular flexibility index (Phi) is 6.15. The van der Waals surface area contributed by atoms with Crippen LogP contribution in [0.25, 0.3) is 0 Å². The van der Waals surface area contributed by atoms with Gasteiger partial charge in [-0.25, -0.2) is 0 Å². The van der Waals surface area contributed by atoms with Crippen LogP contribution in [-0.2, 0) is 6.42 Å². The van der Waals surface area contributed by atoms with Crippen LogP contribution in [0.4, 0.5) is 0 Å². The third-order valence-corrected chi connectivity index (χ3v) is 3.64. The van der Waals surface area contributed by atoms with Gasteiger partial charge in [0.15, 0.2) is 11.5 Å². The lowest BCUT2D eigenvalue weighted by molar-refractivity contribution is 0.194. The number of hydrogen-bond acceptors (Lipinski definition) is 5. The molecule has 0 bridgehead atoms. The summed E-state index contributed by atoms with van der Waals surface area (Å²) in [5, 5.41) is 0. The number of aromatic nitrogens is 2. The molecule has 1 aromatic carbocycles. The van der Waals surface area contributed by atoms with Crippen LogP contribution in [0, 0.1) is 0 Å². The zero-order valence-electron chi connectivity index (χ0n) is 13.4. The maximum Gasteiger partial charge on any atom is 0.161 e. The minimum absolute atomic E-state index is 0.373. The summed E-state index contributed by atoms with van der Waals surface area (Å²) < 4.78 is 11.1. The minimum Gasteiger partial charge on any atom is -0.493 e. The molecule has 0 amide bonds. The average Bonchev–Trinajstić information content (AvgIpc) is 2.56. The van der Waals surface area contributed by atoms with Crippen LogP contribution < -0.4 is 9.47 Å². The van der Waals surface area contributed by atoms with Crippen LogP contribution in [0.2, 0.25) is 0 Å². The van der Waals surface area contributed by atoms with Gasteiger partial charge in [-0.15, -0.1) is 0 Å². The molecule has 5 nitrogen and oxygen atoms in total. The van der Waals surface area contributed by atoms with Gasteiger partial charge < -0.3 is 9.47 Å². The Balaban J connectivity index is 1.78. The third kappa shape index (κ3) is 4.70. The highest BCUT2D eigenvalue weighted by Gasteiger charge is 2.11. The molecule has 0 radical (unpaired) electrons. The molecule has 1 heterocycles. The zero-order chi connectivity index (χ0) is 15.8. The Morgan fingerprint density at radius 2 is 1.95 bits per heavy atom. The van der Waals surface area contributed by atoms with Crippen molar-refractivity contribution in [3.05, 3.63) is 48.5 Å². The number of methoxy groups -OCH3 is 1. The summed E-state index contributed by atoms with van der Waals surface area (Å²) in [6.07, 6.45) is 6.11. The molecule has 0 fully saturated rings. The van der Waals surface area contributed by atoms with Crippen molar-refractivity contribution >= 4 is 0 Å². The smallest absolute Gasteiger partial charge is 0.161 e. The predicted molar refractivity (Wildman–Crippen MR) is 86.3 cm³/mol. The summed E-state index contributed by atoms with van der Waals surface area (Å²) in [7, 11) is 3.74. The van der Waals surface area contributed by atoms with Crippen LogP contribution in [0.5, 0.6) is 11.5 Å². The Hall–Kier alpha value is -2.14. The third-order valence-electron chi connectivity index (χ3n) is 3.64. The topological polar surface area (TPSA) is 47.5 Å². The Morgan fingerprint density at radius 3 is 2.64 bits per heavy atom. The number of hydrogen-bond donors (Lipinski definition) is 0. The van der Waals surface area contributed by atoms with E-state index in [0.29, 0.717) is 12.6 Å². The lowest BCUT2D eigenvalue weighted by atomic mass is 10.1. The van der Waals surface area contributed by atoms with Gasteiger partial charge in [0.2, 0.25) is 0 Å². The van der Waals surface area contributed by atoms with Gasteiger partial charge in [-0.05, 0) is 26.1 Å². The molecular formula is C17H23N3O2. The fourth-order valence-corrected chi connectivity index (χ4v) is 2.15. The van der Waals surface area contributed by atoms with Gasteiger partial charge in [0.25, 0.3) is 0 Å². The standard InChI is InChI=1S/C17H23N3O2/c1-14(12-15-13-18-8-9-19-15)20(2)10-11-22-17-7-5-4-6-16(17)21-3/h4-9,13-14H,10-12H2,1-3H3. The van der Waals surface area contributed by atoms with E-state index in [1.54, 1.807) is 19.5 Å². The van der Waals surface area contributed by atoms with Crippen molar-refractivity contribution in [1.82, 2.24) is 14.9 Å². The number of para-hydroxylation sites is 2. The van der Waals surface area contributed by atoms with E-state index in [-0.39, 0.29) is 0 Å². The molecule has 5 heteroatoms. The first-order valence-corrected chi connectivity index (χ1v) is 7.41. The lowest BCUT2D eigenvalue weighted by Gasteiger charge is -2.24. The quantitative estimate of drug-likeness (QED) is 0.749. The summed E-state index contributed by atoms with van der Waals surface area (Å²) in [6.45, 7) is 3.62. The summed E-state index contributed by atoms with van der Waals surface area (Å²) in [4.78, 5) is 10.7. The minimum atomic E-state index is 0.373. The van der Waals surface area contributed by atoms with Gasteiger partial charge in [0, 0.05) is 37.6 Å². The van der Waals surface area contributed by atoms with E-state index in [9.17, 15) is 0 Å². The molecule has 0 N–H and O–H groups in total. The van der Waals surface area contributed by atoms with E-state index >= 15 is 0 Å². The maximum absolute atomic E-state index is 5.80. The van der Waals surface area contributed by atoms with E-state index in [4.69, 9.17) is 9.47 Å². The van der Waals surface area contributed by atoms with E-state index in [0.717, 1.165) is 30.2 Å². The van der Waals surface area contributed by atoms with Crippen molar-refractivity contribution < 1.29 is 9.47 Å². The largest absolute Gasteiger partial charge is 0.493 e. The first kappa shape index (κ1) is 16.2. The number of likely N-dealkylation sites (N-methyl/N-ethyl adjacent to an activating group) is 1. The predicted octanol–water partition coefficient (Wildman–Crippen LogP) is 2.43. The average molecular weight is 301 g/mol.